The van der Waals surface area contributed by atoms with Gasteiger partial charge in [-0.2, -0.15) is 0 Å². The first-order valence-electron chi connectivity index (χ1n) is 8.41. The summed E-state index contributed by atoms with van der Waals surface area (Å²) in [4.78, 5) is 6.11. The van der Waals surface area contributed by atoms with Gasteiger partial charge in [0.15, 0.2) is 5.96 Å². The first-order chi connectivity index (χ1) is 12.4. The Morgan fingerprint density at radius 3 is 2.54 bits per heavy atom. The topological polar surface area (TPSA) is 73.8 Å². The van der Waals surface area contributed by atoms with E-state index >= 15 is 0 Å². The fourth-order valence-electron chi connectivity index (χ4n) is 2.34. The van der Waals surface area contributed by atoms with Crippen LogP contribution < -0.4 is 10.6 Å². The van der Waals surface area contributed by atoms with Crippen LogP contribution in [0.3, 0.4) is 0 Å². The summed E-state index contributed by atoms with van der Waals surface area (Å²) in [6, 6.07) is 9.07. The molecule has 0 amide bonds. The number of hydrogen-bond acceptors (Lipinski definition) is 4. The molecular formula is C18H26N4O2S2. The molecule has 0 bridgehead atoms. The lowest BCUT2D eigenvalue weighted by atomic mass is 10.2. The van der Waals surface area contributed by atoms with Gasteiger partial charge in [-0.15, -0.1) is 11.3 Å². The Labute approximate surface area is 160 Å². The molecule has 0 aliphatic heterocycles. The second-order valence-corrected chi connectivity index (χ2v) is 9.09. The number of sulfonamides is 1. The van der Waals surface area contributed by atoms with Crippen molar-refractivity contribution >= 4 is 27.3 Å². The molecule has 1 aromatic carbocycles. The molecule has 0 aliphatic carbocycles. The largest absolute Gasteiger partial charge is 0.357 e. The van der Waals surface area contributed by atoms with Crippen LogP contribution in [-0.4, -0.2) is 39.3 Å². The van der Waals surface area contributed by atoms with E-state index in [4.69, 9.17) is 0 Å². The number of rotatable bonds is 7. The summed E-state index contributed by atoms with van der Waals surface area (Å²) in [7, 11) is -0.432. The second kappa shape index (κ2) is 9.16. The highest BCUT2D eigenvalue weighted by Gasteiger charge is 2.20. The number of nitrogens with one attached hydrogen (secondary N) is 2. The fraction of sp³-hybridized carbons (Fsp3) is 0.389. The zero-order chi connectivity index (χ0) is 19.2. The van der Waals surface area contributed by atoms with Crippen molar-refractivity contribution < 1.29 is 8.42 Å². The standard InChI is InChI=1S/C18H26N4O2S2/c1-5-19-18(21-13-16-14(2)10-11-25-16)20-12-15-8-6-7-9-17(15)26(23,24)22(3)4/h6-11H,5,12-13H2,1-4H3,(H2,19,20,21). The van der Waals surface area contributed by atoms with Crippen LogP contribution in [0.2, 0.25) is 0 Å². The zero-order valence-corrected chi connectivity index (χ0v) is 17.2. The average molecular weight is 395 g/mol. The Morgan fingerprint density at radius 2 is 1.92 bits per heavy atom. The number of hydrogen-bond donors (Lipinski definition) is 2. The van der Waals surface area contributed by atoms with Crippen molar-refractivity contribution in [3.8, 4) is 0 Å². The summed E-state index contributed by atoms with van der Waals surface area (Å²) in [6.07, 6.45) is 0. The summed E-state index contributed by atoms with van der Waals surface area (Å²) < 4.78 is 26.2. The minimum atomic E-state index is -3.50. The van der Waals surface area contributed by atoms with Gasteiger partial charge in [-0.1, -0.05) is 18.2 Å². The van der Waals surface area contributed by atoms with Crippen molar-refractivity contribution in [1.82, 2.24) is 14.9 Å². The molecule has 0 aliphatic rings. The maximum atomic E-state index is 12.5. The van der Waals surface area contributed by atoms with Crippen LogP contribution in [-0.2, 0) is 23.1 Å². The van der Waals surface area contributed by atoms with Crippen LogP contribution in [0.5, 0.6) is 0 Å². The molecule has 0 saturated heterocycles. The van der Waals surface area contributed by atoms with Gasteiger partial charge in [0.1, 0.15) is 0 Å². The van der Waals surface area contributed by atoms with Crippen LogP contribution in [0.15, 0.2) is 45.6 Å². The summed E-state index contributed by atoms with van der Waals surface area (Å²) in [5.41, 5.74) is 1.92. The highest BCUT2D eigenvalue weighted by atomic mass is 32.2. The van der Waals surface area contributed by atoms with Crippen molar-refractivity contribution in [2.45, 2.75) is 31.8 Å². The molecule has 0 radical (unpaired) electrons. The molecule has 0 spiro atoms. The van der Waals surface area contributed by atoms with Gasteiger partial charge in [0.2, 0.25) is 10.0 Å². The average Bonchev–Trinajstić information content (AvgIpc) is 3.02. The van der Waals surface area contributed by atoms with Crippen molar-refractivity contribution in [3.63, 3.8) is 0 Å². The molecule has 26 heavy (non-hydrogen) atoms. The molecular weight excluding hydrogens is 368 g/mol. The monoisotopic (exact) mass is 394 g/mol. The molecule has 0 unspecified atom stereocenters. The van der Waals surface area contributed by atoms with E-state index in [1.807, 2.05) is 13.0 Å². The smallest absolute Gasteiger partial charge is 0.242 e. The van der Waals surface area contributed by atoms with Crippen LogP contribution in [0.25, 0.3) is 0 Å². The zero-order valence-electron chi connectivity index (χ0n) is 15.6. The predicted molar refractivity (Wildman–Crippen MR) is 108 cm³/mol. The van der Waals surface area contributed by atoms with E-state index in [2.05, 4.69) is 34.0 Å². The molecule has 0 atom stereocenters. The maximum absolute atomic E-state index is 12.5. The minimum absolute atomic E-state index is 0.280. The fourth-order valence-corrected chi connectivity index (χ4v) is 4.29. The summed E-state index contributed by atoms with van der Waals surface area (Å²) in [5, 5.41) is 8.57. The Balaban J connectivity index is 2.18. The molecule has 0 fully saturated rings. The lowest BCUT2D eigenvalue weighted by molar-refractivity contribution is 0.519. The quantitative estimate of drug-likeness (QED) is 0.559. The highest BCUT2D eigenvalue weighted by Crippen LogP contribution is 2.19. The van der Waals surface area contributed by atoms with E-state index in [9.17, 15) is 8.42 Å². The van der Waals surface area contributed by atoms with Crippen molar-refractivity contribution in [1.29, 1.82) is 0 Å². The summed E-state index contributed by atoms with van der Waals surface area (Å²) in [5.74, 6) is 0.664. The van der Waals surface area contributed by atoms with Gasteiger partial charge in [0, 0.05) is 25.5 Å². The van der Waals surface area contributed by atoms with E-state index in [1.165, 1.54) is 28.8 Å². The third-order valence-electron chi connectivity index (χ3n) is 3.87. The molecule has 2 rings (SSSR count). The minimum Gasteiger partial charge on any atom is -0.357 e. The maximum Gasteiger partial charge on any atom is 0.242 e. The van der Waals surface area contributed by atoms with E-state index in [0.29, 0.717) is 23.0 Å². The van der Waals surface area contributed by atoms with Crippen LogP contribution >= 0.6 is 11.3 Å². The Bertz CT molecular complexity index is 858. The Hall–Kier alpha value is -1.90. The Kier molecular flexibility index (Phi) is 7.19. The molecule has 0 saturated carbocycles. The molecule has 2 aromatic rings. The van der Waals surface area contributed by atoms with Crippen molar-refractivity contribution in [3.05, 3.63) is 51.7 Å². The van der Waals surface area contributed by atoms with Gasteiger partial charge in [-0.05, 0) is 42.5 Å². The van der Waals surface area contributed by atoms with E-state index in [1.54, 1.807) is 29.5 Å². The lowest BCUT2D eigenvalue weighted by Gasteiger charge is -2.15. The van der Waals surface area contributed by atoms with Gasteiger partial charge in [0.25, 0.3) is 0 Å². The summed E-state index contributed by atoms with van der Waals surface area (Å²) in [6.45, 7) is 5.78. The molecule has 1 aromatic heterocycles. The number of benzene rings is 1. The number of guanidine groups is 1. The third-order valence-corrected chi connectivity index (χ3v) is 6.81. The number of aryl methyl sites for hydroxylation is 1. The predicted octanol–water partition coefficient (Wildman–Crippen LogP) is 2.56. The molecule has 6 nitrogen and oxygen atoms in total. The van der Waals surface area contributed by atoms with Crippen LogP contribution in [0.1, 0.15) is 22.9 Å². The van der Waals surface area contributed by atoms with Gasteiger partial charge in [-0.3, -0.25) is 0 Å². The molecule has 8 heteroatoms. The Morgan fingerprint density at radius 1 is 1.19 bits per heavy atom. The number of thiophene rings is 1. The number of nitrogens with zero attached hydrogens (tertiary/aromatic N) is 2. The van der Waals surface area contributed by atoms with Gasteiger partial charge in [-0.25, -0.2) is 17.7 Å². The number of aliphatic imine (C=N–C) groups is 1. The van der Waals surface area contributed by atoms with Gasteiger partial charge >= 0.3 is 0 Å². The normalized spacial score (nSPS) is 12.4. The van der Waals surface area contributed by atoms with Gasteiger partial charge in [0.05, 0.1) is 18.0 Å². The highest BCUT2D eigenvalue weighted by molar-refractivity contribution is 7.89. The van der Waals surface area contributed by atoms with E-state index in [-0.39, 0.29) is 6.54 Å². The van der Waals surface area contributed by atoms with Crippen molar-refractivity contribution in [2.24, 2.45) is 4.99 Å². The van der Waals surface area contributed by atoms with E-state index < -0.39 is 10.0 Å². The first-order valence-corrected chi connectivity index (χ1v) is 10.7. The second-order valence-electron chi connectivity index (χ2n) is 5.97. The van der Waals surface area contributed by atoms with Crippen LogP contribution in [0, 0.1) is 6.92 Å². The van der Waals surface area contributed by atoms with E-state index in [0.717, 1.165) is 6.54 Å². The lowest BCUT2D eigenvalue weighted by Crippen LogP contribution is -2.36. The third kappa shape index (κ3) is 5.06. The van der Waals surface area contributed by atoms with Crippen LogP contribution in [0.4, 0.5) is 0 Å². The summed E-state index contributed by atoms with van der Waals surface area (Å²) >= 11 is 1.70. The van der Waals surface area contributed by atoms with Crippen molar-refractivity contribution in [2.75, 3.05) is 20.6 Å². The van der Waals surface area contributed by atoms with Gasteiger partial charge < -0.3 is 10.6 Å². The first kappa shape index (κ1) is 20.4. The molecule has 2 N–H and O–H groups in total. The molecule has 142 valence electrons. The SMILES string of the molecule is CCNC(=NCc1ccccc1S(=O)(=O)N(C)C)NCc1sccc1C. The molecule has 1 heterocycles.